The van der Waals surface area contributed by atoms with Crippen molar-refractivity contribution < 1.29 is 100 Å². The maximum Gasteiger partial charge on any atom is 0.470 e. The molecular weight excluding hydrogens is 1580 g/mol. The van der Waals surface area contributed by atoms with E-state index in [2.05, 4.69) is 52.2 Å². The monoisotopic (exact) mass is 1760 g/mol. The van der Waals surface area contributed by atoms with Gasteiger partial charge in [0.15, 0.2) is 12.4 Å². The minimum absolute atomic E-state index is 0.117. The molecule has 1 heterocycles. The molecule has 0 aliphatic carbocycles. The number of ether oxygens (including phenoxy) is 6. The zero-order chi connectivity index (χ0) is 89.0. The molecule has 0 aromatic heterocycles. The third-order valence-corrected chi connectivity index (χ3v) is 24.9. The Labute approximate surface area is 736 Å². The van der Waals surface area contributed by atoms with E-state index in [-0.39, 0.29) is 32.1 Å². The molecule has 10 atom stereocenters. The highest BCUT2D eigenvalue weighted by atomic mass is 31.2. The number of phosphoric acid groups is 1. The summed E-state index contributed by atoms with van der Waals surface area (Å²) in [6.45, 7) is 10.3. The maximum atomic E-state index is 15.2. The summed E-state index contributed by atoms with van der Waals surface area (Å²) in [4.78, 5) is 118. The second-order valence-corrected chi connectivity index (χ2v) is 38.9. The lowest BCUT2D eigenvalue weighted by Crippen LogP contribution is -2.67. The number of aliphatic hydroxyl groups is 2. The number of carbonyl (C=O) groups excluding carboxylic acids is 6. The van der Waals surface area contributed by atoms with Gasteiger partial charge < -0.3 is 68.5 Å². The molecular formula is C96H184N2O21P2. The highest BCUT2D eigenvalue weighted by Crippen LogP contribution is 2.44. The molecule has 1 rings (SSSR count). The van der Waals surface area contributed by atoms with Crippen LogP contribution in [0.3, 0.4) is 0 Å². The highest BCUT2D eigenvalue weighted by molar-refractivity contribution is 7.51. The van der Waals surface area contributed by atoms with Gasteiger partial charge in [-0.1, -0.05) is 388 Å². The molecule has 714 valence electrons. The van der Waals surface area contributed by atoms with E-state index in [1.165, 1.54) is 161 Å². The number of amides is 2. The molecule has 23 nitrogen and oxygen atoms in total. The standard InChI is InChI=1S/C96H184N2O21P2/c1-8-14-20-26-32-38-41-47-53-59-65-71-88(103)114-82(68-62-56-50-44-35-29-23-17-11-4)74-86(101)97-78-96(79-100,81-113-120(7,107)108)80-112-95-92(98-87(102)75-83(69-63-57-51-45-36-30-24-18-12-5)115-89(104)72-66-60-54-48-42-39-33-27-21-15-9-2)94(93(85(77-99)117-95)119-121(109,110)111)118-91(106)76-84(70-64-58-52-46-37-31-25-19-13-6)116-90(105)73-67-61-55-49-43-40-34-28-22-16-10-3/h82-85,92-95,99-100H,8-81H2,1-7H3,(H,97,101)(H,98,102)(H,107,108)(H2,109,110,111)/t82-,83-,84-,85?,92+,93-,94?,95?,96?/m1/s1. The fourth-order valence-electron chi connectivity index (χ4n) is 16.2. The van der Waals surface area contributed by atoms with E-state index in [9.17, 15) is 58.0 Å². The van der Waals surface area contributed by atoms with E-state index in [1.807, 2.05) is 0 Å². The Morgan fingerprint density at radius 3 is 0.950 bits per heavy atom. The van der Waals surface area contributed by atoms with Crippen LogP contribution in [0.4, 0.5) is 0 Å². The minimum Gasteiger partial charge on any atom is -0.462 e. The Morgan fingerprint density at radius 1 is 0.372 bits per heavy atom. The lowest BCUT2D eigenvalue weighted by atomic mass is 9.90. The van der Waals surface area contributed by atoms with Crippen molar-refractivity contribution in [3.8, 4) is 0 Å². The van der Waals surface area contributed by atoms with Gasteiger partial charge in [0.2, 0.25) is 11.8 Å². The van der Waals surface area contributed by atoms with Gasteiger partial charge in [-0.2, -0.15) is 0 Å². The lowest BCUT2D eigenvalue weighted by Gasteiger charge is -2.46. The van der Waals surface area contributed by atoms with Gasteiger partial charge >= 0.3 is 39.3 Å². The number of unbranched alkanes of at least 4 members (excludes halogenated alkanes) is 54. The third kappa shape index (κ3) is 68.7. The number of phosphoric ester groups is 1. The largest absolute Gasteiger partial charge is 0.470 e. The Balaban J connectivity index is 4.00. The van der Waals surface area contributed by atoms with Crippen LogP contribution in [0, 0.1) is 5.41 Å². The summed E-state index contributed by atoms with van der Waals surface area (Å²) in [5, 5.41) is 28.4. The molecule has 7 N–H and O–H groups in total. The minimum atomic E-state index is -5.61. The van der Waals surface area contributed by atoms with Crippen molar-refractivity contribution in [1.82, 2.24) is 10.6 Å². The van der Waals surface area contributed by atoms with Crippen molar-refractivity contribution in [2.45, 2.75) is 534 Å². The van der Waals surface area contributed by atoms with Crippen molar-refractivity contribution >= 4 is 51.1 Å². The molecule has 0 spiro atoms. The molecule has 0 aromatic carbocycles. The first-order valence-corrected chi connectivity index (χ1v) is 53.6. The highest BCUT2D eigenvalue weighted by Gasteiger charge is 2.53. The molecule has 121 heavy (non-hydrogen) atoms. The van der Waals surface area contributed by atoms with Gasteiger partial charge in [0.05, 0.1) is 51.1 Å². The van der Waals surface area contributed by atoms with Gasteiger partial charge in [0.1, 0.15) is 36.6 Å². The predicted octanol–water partition coefficient (Wildman–Crippen LogP) is 24.3. The van der Waals surface area contributed by atoms with E-state index in [4.69, 9.17) is 37.5 Å². The normalized spacial score (nSPS) is 17.3. The topological polar surface area (TPSA) is 336 Å². The van der Waals surface area contributed by atoms with Crippen LogP contribution >= 0.6 is 15.4 Å². The van der Waals surface area contributed by atoms with Gasteiger partial charge in [-0.25, -0.2) is 4.57 Å². The summed E-state index contributed by atoms with van der Waals surface area (Å²) in [5.41, 5.74) is -1.83. The van der Waals surface area contributed by atoms with Gasteiger partial charge in [-0.05, 0) is 57.8 Å². The summed E-state index contributed by atoms with van der Waals surface area (Å²) in [6, 6.07) is -1.81. The summed E-state index contributed by atoms with van der Waals surface area (Å²) in [7, 11) is -9.97. The second-order valence-electron chi connectivity index (χ2n) is 35.8. The number of esters is 4. The molecule has 25 heteroatoms. The molecule has 1 fully saturated rings. The molecule has 0 saturated carbocycles. The molecule has 0 bridgehead atoms. The number of aliphatic hydroxyl groups excluding tert-OH is 2. The van der Waals surface area contributed by atoms with Crippen molar-refractivity contribution in [2.75, 3.05) is 39.6 Å². The number of hydrogen-bond acceptors (Lipinski definition) is 18. The molecule has 5 unspecified atom stereocenters. The predicted molar refractivity (Wildman–Crippen MR) is 487 cm³/mol. The van der Waals surface area contributed by atoms with Gasteiger partial charge in [0, 0.05) is 32.5 Å². The van der Waals surface area contributed by atoms with Crippen LogP contribution in [-0.2, 0) is 75.4 Å². The molecule has 1 aliphatic heterocycles. The second kappa shape index (κ2) is 79.1. The van der Waals surface area contributed by atoms with Crippen molar-refractivity contribution in [1.29, 1.82) is 0 Å². The van der Waals surface area contributed by atoms with Crippen LogP contribution in [-0.4, -0.2) is 149 Å². The van der Waals surface area contributed by atoms with Crippen molar-refractivity contribution in [3.63, 3.8) is 0 Å². The van der Waals surface area contributed by atoms with Crippen molar-refractivity contribution in [2.24, 2.45) is 5.41 Å². The Kier molecular flexibility index (Phi) is 75.8. The SMILES string of the molecule is CCCCCCCCCCCCCC(=O)O[C@H](CCCCCCCCCCC)CC(=O)NCC(CO)(COC1OC(CO)[C@@H](OP(=O)(O)O)C(OC(=O)C[C@@H](CCCCCCCCCCC)OC(=O)CCCCCCCCCCCCC)[C@@H]1NC(=O)C[C@@H](CCCCCCCCCCC)OC(=O)CCCCCCCCCCCCC)COP(C)(=O)O. The fraction of sp³-hybridized carbons (Fsp3) is 0.938. The summed E-state index contributed by atoms with van der Waals surface area (Å²) >= 11 is 0. The first-order chi connectivity index (χ1) is 58.5. The Hall–Kier alpha value is -3.08. The average Bonchev–Trinajstić information content (AvgIpc) is 0.776. The smallest absolute Gasteiger partial charge is 0.462 e. The van der Waals surface area contributed by atoms with Gasteiger partial charge in [0.25, 0.3) is 0 Å². The zero-order valence-corrected chi connectivity index (χ0v) is 79.9. The maximum absolute atomic E-state index is 15.2. The zero-order valence-electron chi connectivity index (χ0n) is 78.1. The number of hydrogen-bond donors (Lipinski definition) is 7. The first kappa shape index (κ1) is 116. The Bertz CT molecular complexity index is 2580. The van der Waals surface area contributed by atoms with Crippen molar-refractivity contribution in [3.05, 3.63) is 0 Å². The third-order valence-electron chi connectivity index (χ3n) is 23.8. The number of nitrogens with one attached hydrogen (secondary N) is 2. The van der Waals surface area contributed by atoms with E-state index < -0.39 is 151 Å². The first-order valence-electron chi connectivity index (χ1n) is 50.0. The lowest BCUT2D eigenvalue weighted by molar-refractivity contribution is -0.278. The van der Waals surface area contributed by atoms with Gasteiger partial charge in [-0.3, -0.25) is 37.9 Å². The number of rotatable bonds is 89. The Morgan fingerprint density at radius 2 is 0.661 bits per heavy atom. The molecule has 0 radical (unpaired) electrons. The summed E-state index contributed by atoms with van der Waals surface area (Å²) in [6.07, 6.45) is 53.5. The fourth-order valence-corrected chi connectivity index (χ4v) is 17.3. The van der Waals surface area contributed by atoms with E-state index in [1.54, 1.807) is 0 Å². The van der Waals surface area contributed by atoms with E-state index >= 15 is 4.79 Å². The number of carbonyl (C=O) groups is 6. The van der Waals surface area contributed by atoms with E-state index in [0.717, 1.165) is 193 Å². The van der Waals surface area contributed by atoms with E-state index in [0.29, 0.717) is 51.4 Å². The summed E-state index contributed by atoms with van der Waals surface area (Å²) in [5.74, 6) is -3.78. The molecule has 2 amide bonds. The van der Waals surface area contributed by atoms with Gasteiger partial charge in [-0.15, -0.1) is 0 Å². The average molecular weight is 1760 g/mol. The quantitative estimate of drug-likeness (QED) is 0.0129. The molecule has 1 saturated heterocycles. The van der Waals surface area contributed by atoms with Crippen LogP contribution in [0.2, 0.25) is 0 Å². The van der Waals surface area contributed by atoms with Crippen LogP contribution in [0.15, 0.2) is 0 Å². The summed E-state index contributed by atoms with van der Waals surface area (Å²) < 4.78 is 74.9. The molecule has 0 aromatic rings. The van der Waals surface area contributed by atoms with Crippen LogP contribution in [0.5, 0.6) is 0 Å². The molecule has 1 aliphatic rings. The van der Waals surface area contributed by atoms with Crippen LogP contribution in [0.1, 0.15) is 485 Å². The van der Waals surface area contributed by atoms with Crippen LogP contribution in [0.25, 0.3) is 0 Å². The van der Waals surface area contributed by atoms with Crippen LogP contribution < -0.4 is 10.6 Å².